The van der Waals surface area contributed by atoms with Gasteiger partial charge < -0.3 is 15.4 Å². The molecule has 8 heteroatoms. The van der Waals surface area contributed by atoms with Gasteiger partial charge in [-0.05, 0) is 25.5 Å². The number of aromatic hydroxyl groups is 1. The maximum Gasteiger partial charge on any atom is 0.255 e. The molecule has 1 unspecified atom stereocenters. The largest absolute Gasteiger partial charge is 0.493 e. The quantitative estimate of drug-likeness (QED) is 0.571. The fraction of sp³-hybridized carbons (Fsp3) is 0.286. The van der Waals surface area contributed by atoms with E-state index in [0.717, 1.165) is 23.5 Å². The van der Waals surface area contributed by atoms with Gasteiger partial charge in [0.15, 0.2) is 5.16 Å². The Bertz CT molecular complexity index is 732. The summed E-state index contributed by atoms with van der Waals surface area (Å²) in [5.41, 5.74) is 0.336. The normalized spacial score (nSPS) is 11.9. The Morgan fingerprint density at radius 2 is 2.23 bits per heavy atom. The van der Waals surface area contributed by atoms with Crippen molar-refractivity contribution in [2.45, 2.75) is 30.7 Å². The minimum atomic E-state index is -0.467. The number of nitrogens with zero attached hydrogens (tertiary/aromatic N) is 2. The number of rotatable bonds is 5. The topological polar surface area (TPSA) is 108 Å². The van der Waals surface area contributed by atoms with Crippen molar-refractivity contribution in [3.05, 3.63) is 40.3 Å². The van der Waals surface area contributed by atoms with Crippen molar-refractivity contribution in [2.75, 3.05) is 5.32 Å². The van der Waals surface area contributed by atoms with Gasteiger partial charge in [0, 0.05) is 5.69 Å². The molecule has 2 rings (SSSR count). The number of hydrogen-bond donors (Lipinski definition) is 3. The fourth-order valence-electron chi connectivity index (χ4n) is 1.76. The van der Waals surface area contributed by atoms with E-state index in [4.69, 9.17) is 0 Å². The van der Waals surface area contributed by atoms with Gasteiger partial charge in [-0.3, -0.25) is 9.59 Å². The Morgan fingerprint density at radius 3 is 2.86 bits per heavy atom. The van der Waals surface area contributed by atoms with Crippen LogP contribution in [0.25, 0.3) is 0 Å². The summed E-state index contributed by atoms with van der Waals surface area (Å²) in [6.45, 7) is 3.69. The van der Waals surface area contributed by atoms with Crippen LogP contribution < -0.4 is 10.9 Å². The number of thioether (sulfide) groups is 1. The van der Waals surface area contributed by atoms with Gasteiger partial charge in [0.25, 0.3) is 5.56 Å². The van der Waals surface area contributed by atoms with Crippen molar-refractivity contribution < 1.29 is 9.90 Å². The number of aryl methyl sites for hydroxylation is 1. The van der Waals surface area contributed by atoms with E-state index >= 15 is 0 Å². The molecule has 0 saturated heterocycles. The Labute approximate surface area is 131 Å². The summed E-state index contributed by atoms with van der Waals surface area (Å²) in [4.78, 5) is 34.1. The molecule has 0 aliphatic carbocycles. The number of amides is 1. The fourth-order valence-corrected chi connectivity index (χ4v) is 2.66. The van der Waals surface area contributed by atoms with E-state index in [1.54, 1.807) is 12.1 Å². The predicted molar refractivity (Wildman–Crippen MR) is 84.1 cm³/mol. The first-order chi connectivity index (χ1) is 10.5. The Kier molecular flexibility index (Phi) is 5.16. The number of H-pyrrole nitrogens is 1. The average Bonchev–Trinajstić information content (AvgIpc) is 2.43. The van der Waals surface area contributed by atoms with Gasteiger partial charge in [-0.2, -0.15) is 4.98 Å². The molecule has 0 aliphatic heterocycles. The zero-order chi connectivity index (χ0) is 16.1. The Hall–Kier alpha value is -2.35. The highest BCUT2D eigenvalue weighted by Gasteiger charge is 2.20. The maximum atomic E-state index is 12.3. The van der Waals surface area contributed by atoms with Gasteiger partial charge >= 0.3 is 0 Å². The number of carbonyl (C=O) groups is 1. The van der Waals surface area contributed by atoms with Crippen LogP contribution in [0.1, 0.15) is 19.0 Å². The third-order valence-corrected chi connectivity index (χ3v) is 4.01. The first-order valence-electron chi connectivity index (χ1n) is 6.69. The number of nitrogens with one attached hydrogen (secondary N) is 2. The summed E-state index contributed by atoms with van der Waals surface area (Å²) >= 11 is 1.08. The molecule has 2 heterocycles. The van der Waals surface area contributed by atoms with Crippen LogP contribution in [0.3, 0.4) is 0 Å². The SMILES string of the molecule is CCC(Sc1nc(O)cc(=O)[nH]1)C(=O)Nc1cccc(C)n1. The highest BCUT2D eigenvalue weighted by atomic mass is 32.2. The zero-order valence-corrected chi connectivity index (χ0v) is 13.0. The van der Waals surface area contributed by atoms with E-state index in [0.29, 0.717) is 12.2 Å². The number of carbonyl (C=O) groups excluding carboxylic acids is 1. The van der Waals surface area contributed by atoms with E-state index in [1.807, 2.05) is 19.9 Å². The molecule has 7 nitrogen and oxygen atoms in total. The van der Waals surface area contributed by atoms with E-state index in [1.165, 1.54) is 0 Å². The van der Waals surface area contributed by atoms with Gasteiger partial charge in [-0.15, -0.1) is 0 Å². The highest BCUT2D eigenvalue weighted by Crippen LogP contribution is 2.23. The van der Waals surface area contributed by atoms with Crippen molar-refractivity contribution >= 4 is 23.5 Å². The predicted octanol–water partition coefficient (Wildman–Crippen LogP) is 1.69. The van der Waals surface area contributed by atoms with Crippen molar-refractivity contribution in [3.8, 4) is 5.88 Å². The van der Waals surface area contributed by atoms with Gasteiger partial charge in [0.2, 0.25) is 11.8 Å². The molecule has 1 amide bonds. The molecule has 0 aliphatic rings. The molecule has 2 aromatic heterocycles. The van der Waals surface area contributed by atoms with Crippen LogP contribution in [-0.4, -0.2) is 31.2 Å². The molecule has 22 heavy (non-hydrogen) atoms. The van der Waals surface area contributed by atoms with Crippen LogP contribution in [-0.2, 0) is 4.79 Å². The molecule has 1 atom stereocenters. The third kappa shape index (κ3) is 4.32. The zero-order valence-electron chi connectivity index (χ0n) is 12.2. The first kappa shape index (κ1) is 16.0. The van der Waals surface area contributed by atoms with Crippen LogP contribution >= 0.6 is 11.8 Å². The lowest BCUT2D eigenvalue weighted by Gasteiger charge is -2.13. The highest BCUT2D eigenvalue weighted by molar-refractivity contribution is 8.00. The number of aromatic nitrogens is 3. The van der Waals surface area contributed by atoms with Crippen LogP contribution in [0.15, 0.2) is 34.2 Å². The second kappa shape index (κ2) is 7.08. The lowest BCUT2D eigenvalue weighted by molar-refractivity contribution is -0.115. The van der Waals surface area contributed by atoms with E-state index in [-0.39, 0.29) is 16.9 Å². The molecule has 0 bridgehead atoms. The molecule has 0 aromatic carbocycles. The average molecular weight is 320 g/mol. The summed E-state index contributed by atoms with van der Waals surface area (Å²) in [7, 11) is 0. The van der Waals surface area contributed by atoms with Crippen LogP contribution in [0.5, 0.6) is 5.88 Å². The lowest BCUT2D eigenvalue weighted by atomic mass is 10.3. The lowest BCUT2D eigenvalue weighted by Crippen LogP contribution is -2.25. The van der Waals surface area contributed by atoms with Crippen molar-refractivity contribution in [3.63, 3.8) is 0 Å². The number of pyridine rings is 1. The maximum absolute atomic E-state index is 12.3. The second-order valence-corrected chi connectivity index (χ2v) is 5.77. The Morgan fingerprint density at radius 1 is 1.45 bits per heavy atom. The van der Waals surface area contributed by atoms with E-state index in [2.05, 4.69) is 20.3 Å². The number of aromatic amines is 1. The molecule has 3 N–H and O–H groups in total. The monoisotopic (exact) mass is 320 g/mol. The molecule has 2 aromatic rings. The van der Waals surface area contributed by atoms with Crippen LogP contribution in [0.4, 0.5) is 5.82 Å². The van der Waals surface area contributed by atoms with Crippen molar-refractivity contribution in [1.82, 2.24) is 15.0 Å². The smallest absolute Gasteiger partial charge is 0.255 e. The Balaban J connectivity index is 2.10. The summed E-state index contributed by atoms with van der Waals surface area (Å²) in [6, 6.07) is 6.32. The van der Waals surface area contributed by atoms with Gasteiger partial charge in [-0.1, -0.05) is 24.8 Å². The first-order valence-corrected chi connectivity index (χ1v) is 7.57. The minimum absolute atomic E-state index is 0.198. The number of anilines is 1. The molecule has 0 spiro atoms. The summed E-state index contributed by atoms with van der Waals surface area (Å²) < 4.78 is 0. The molecule has 116 valence electrons. The molecule has 0 saturated carbocycles. The summed E-state index contributed by atoms with van der Waals surface area (Å²) in [5.74, 6) is -0.139. The summed E-state index contributed by atoms with van der Waals surface area (Å²) in [6.07, 6.45) is 0.529. The van der Waals surface area contributed by atoms with Crippen molar-refractivity contribution in [1.29, 1.82) is 0 Å². The van der Waals surface area contributed by atoms with Crippen LogP contribution in [0.2, 0.25) is 0 Å². The van der Waals surface area contributed by atoms with Crippen LogP contribution in [0, 0.1) is 6.92 Å². The van der Waals surface area contributed by atoms with Gasteiger partial charge in [-0.25, -0.2) is 4.98 Å². The van der Waals surface area contributed by atoms with E-state index in [9.17, 15) is 14.7 Å². The van der Waals surface area contributed by atoms with Gasteiger partial charge in [0.05, 0.1) is 11.3 Å². The van der Waals surface area contributed by atoms with Gasteiger partial charge in [0.1, 0.15) is 5.82 Å². The van der Waals surface area contributed by atoms with E-state index < -0.39 is 10.8 Å². The minimum Gasteiger partial charge on any atom is -0.493 e. The third-order valence-electron chi connectivity index (χ3n) is 2.76. The molecule has 0 fully saturated rings. The molecule has 0 radical (unpaired) electrons. The van der Waals surface area contributed by atoms with Crippen molar-refractivity contribution in [2.24, 2.45) is 0 Å². The summed E-state index contributed by atoms with van der Waals surface area (Å²) in [5, 5.41) is 11.8. The molecular formula is C14H16N4O3S. The molecular weight excluding hydrogens is 304 g/mol. The second-order valence-electron chi connectivity index (χ2n) is 4.58. The standard InChI is InChI=1S/C14H16N4O3S/c1-3-9(22-14-17-11(19)7-12(20)18-14)13(21)16-10-6-4-5-8(2)15-10/h4-7,9H,3H2,1-2H3,(H,15,16,21)(H2,17,18,19,20). The number of hydrogen-bond acceptors (Lipinski definition) is 6.